The number of hydrogen-bond acceptors (Lipinski definition) is 5. The molecule has 5 heteroatoms. The van der Waals surface area contributed by atoms with Gasteiger partial charge in [0.05, 0.1) is 12.0 Å². The first-order valence-electron chi connectivity index (χ1n) is 7.46. The smallest absolute Gasteiger partial charge is 0.234 e. The molecule has 1 N–H and O–H groups in total. The van der Waals surface area contributed by atoms with E-state index in [1.807, 2.05) is 0 Å². The van der Waals surface area contributed by atoms with Crippen LogP contribution in [0.1, 0.15) is 56.7 Å². The van der Waals surface area contributed by atoms with E-state index in [-0.39, 0.29) is 5.41 Å². The van der Waals surface area contributed by atoms with Crippen molar-refractivity contribution < 1.29 is 9.26 Å². The highest BCUT2D eigenvalue weighted by molar-refractivity contribution is 5.09. The van der Waals surface area contributed by atoms with Gasteiger partial charge in [-0.3, -0.25) is 0 Å². The maximum absolute atomic E-state index is 5.59. The van der Waals surface area contributed by atoms with Gasteiger partial charge in [0.25, 0.3) is 0 Å². The van der Waals surface area contributed by atoms with E-state index in [1.54, 1.807) is 0 Å². The third-order valence-electron chi connectivity index (χ3n) is 4.57. The Kier molecular flexibility index (Phi) is 3.84. The van der Waals surface area contributed by atoms with Crippen LogP contribution in [-0.2, 0) is 10.2 Å². The molecule has 0 spiro atoms. The number of piperidine rings is 1. The maximum atomic E-state index is 5.59. The molecule has 0 amide bonds. The molecule has 2 unspecified atom stereocenters. The van der Waals surface area contributed by atoms with Crippen molar-refractivity contribution in [3.8, 4) is 0 Å². The summed E-state index contributed by atoms with van der Waals surface area (Å²) in [4.78, 5) is 4.70. The van der Waals surface area contributed by atoms with Crippen molar-refractivity contribution in [3.63, 3.8) is 0 Å². The van der Waals surface area contributed by atoms with Crippen LogP contribution in [-0.4, -0.2) is 36.4 Å². The molecule has 2 saturated heterocycles. The Hall–Kier alpha value is -0.940. The second kappa shape index (κ2) is 5.59. The van der Waals surface area contributed by atoms with Crippen molar-refractivity contribution in [2.75, 3.05) is 26.3 Å². The van der Waals surface area contributed by atoms with Crippen LogP contribution in [0.5, 0.6) is 0 Å². The van der Waals surface area contributed by atoms with Gasteiger partial charge >= 0.3 is 0 Å². The number of hydrogen-bond donors (Lipinski definition) is 1. The van der Waals surface area contributed by atoms with Gasteiger partial charge in [0.1, 0.15) is 0 Å². The lowest BCUT2D eigenvalue weighted by Crippen LogP contribution is -2.43. The molecule has 1 aromatic heterocycles. The van der Waals surface area contributed by atoms with E-state index in [4.69, 9.17) is 14.2 Å². The normalized spacial score (nSPS) is 32.4. The molecule has 3 heterocycles. The zero-order valence-corrected chi connectivity index (χ0v) is 11.7. The Morgan fingerprint density at radius 1 is 1.42 bits per heavy atom. The summed E-state index contributed by atoms with van der Waals surface area (Å²) in [5.74, 6) is 1.98. The molecule has 2 aliphatic heterocycles. The zero-order valence-electron chi connectivity index (χ0n) is 11.7. The number of rotatable bonds is 3. The standard InChI is InChI=1S/C14H23N3O2/c1-2-14(6-4-7-15-10-14)13-16-12(17-19-13)11-5-3-8-18-9-11/h11,15H,2-10H2,1H3. The minimum atomic E-state index is 0.0407. The highest BCUT2D eigenvalue weighted by atomic mass is 16.5. The van der Waals surface area contributed by atoms with E-state index in [0.717, 1.165) is 63.7 Å². The lowest BCUT2D eigenvalue weighted by atomic mass is 9.78. The molecular weight excluding hydrogens is 242 g/mol. The predicted molar refractivity (Wildman–Crippen MR) is 71.2 cm³/mol. The highest BCUT2D eigenvalue weighted by Crippen LogP contribution is 2.34. The first-order valence-corrected chi connectivity index (χ1v) is 7.46. The van der Waals surface area contributed by atoms with E-state index in [0.29, 0.717) is 5.92 Å². The molecule has 2 aliphatic rings. The molecule has 1 aromatic rings. The van der Waals surface area contributed by atoms with Crippen LogP contribution >= 0.6 is 0 Å². The van der Waals surface area contributed by atoms with Gasteiger partial charge < -0.3 is 14.6 Å². The van der Waals surface area contributed by atoms with Crippen molar-refractivity contribution >= 4 is 0 Å². The van der Waals surface area contributed by atoms with Crippen LogP contribution in [0.15, 0.2) is 4.52 Å². The van der Waals surface area contributed by atoms with Crippen molar-refractivity contribution in [2.24, 2.45) is 0 Å². The van der Waals surface area contributed by atoms with Crippen molar-refractivity contribution in [1.82, 2.24) is 15.5 Å². The summed E-state index contributed by atoms with van der Waals surface area (Å²) in [5, 5.41) is 7.68. The molecule has 0 aromatic carbocycles. The van der Waals surface area contributed by atoms with Gasteiger partial charge in [-0.15, -0.1) is 0 Å². The van der Waals surface area contributed by atoms with Crippen molar-refractivity contribution in [2.45, 2.75) is 50.4 Å². The molecule has 5 nitrogen and oxygen atoms in total. The van der Waals surface area contributed by atoms with Gasteiger partial charge in [0, 0.05) is 19.1 Å². The molecule has 106 valence electrons. The molecule has 0 radical (unpaired) electrons. The minimum Gasteiger partial charge on any atom is -0.381 e. The van der Waals surface area contributed by atoms with Gasteiger partial charge in [-0.2, -0.15) is 4.98 Å². The summed E-state index contributed by atoms with van der Waals surface area (Å²) in [6, 6.07) is 0. The molecule has 0 aliphatic carbocycles. The summed E-state index contributed by atoms with van der Waals surface area (Å²) in [7, 11) is 0. The molecular formula is C14H23N3O2. The number of nitrogens with zero attached hydrogens (tertiary/aromatic N) is 2. The zero-order chi connectivity index (χ0) is 13.1. The number of aromatic nitrogens is 2. The average molecular weight is 265 g/mol. The third-order valence-corrected chi connectivity index (χ3v) is 4.57. The lowest BCUT2D eigenvalue weighted by Gasteiger charge is -2.33. The molecule has 2 atom stereocenters. The topological polar surface area (TPSA) is 60.2 Å². The Morgan fingerprint density at radius 2 is 2.37 bits per heavy atom. The van der Waals surface area contributed by atoms with Crippen LogP contribution in [0, 0.1) is 0 Å². The van der Waals surface area contributed by atoms with E-state index < -0.39 is 0 Å². The van der Waals surface area contributed by atoms with Crippen LogP contribution < -0.4 is 5.32 Å². The Bertz CT molecular complexity index is 407. The fourth-order valence-corrected chi connectivity index (χ4v) is 3.16. The van der Waals surface area contributed by atoms with E-state index in [9.17, 15) is 0 Å². The Balaban J connectivity index is 1.79. The fraction of sp³-hybridized carbons (Fsp3) is 0.857. The van der Waals surface area contributed by atoms with Crippen LogP contribution in [0.25, 0.3) is 0 Å². The summed E-state index contributed by atoms with van der Waals surface area (Å²) in [6.45, 7) is 5.85. The second-order valence-electron chi connectivity index (χ2n) is 5.79. The summed E-state index contributed by atoms with van der Waals surface area (Å²) >= 11 is 0. The van der Waals surface area contributed by atoms with Gasteiger partial charge in [-0.25, -0.2) is 0 Å². The molecule has 2 fully saturated rings. The van der Waals surface area contributed by atoms with Crippen LogP contribution in [0.3, 0.4) is 0 Å². The molecule has 19 heavy (non-hydrogen) atoms. The monoisotopic (exact) mass is 265 g/mol. The number of nitrogens with one attached hydrogen (secondary N) is 1. The van der Waals surface area contributed by atoms with Crippen LogP contribution in [0.4, 0.5) is 0 Å². The third kappa shape index (κ3) is 2.54. The predicted octanol–water partition coefficient (Wildman–Crippen LogP) is 1.99. The van der Waals surface area contributed by atoms with Crippen molar-refractivity contribution in [1.29, 1.82) is 0 Å². The van der Waals surface area contributed by atoms with Crippen molar-refractivity contribution in [3.05, 3.63) is 11.7 Å². The fourth-order valence-electron chi connectivity index (χ4n) is 3.16. The van der Waals surface area contributed by atoms with Gasteiger partial charge in [0.15, 0.2) is 5.82 Å². The van der Waals surface area contributed by atoms with E-state index in [2.05, 4.69) is 17.4 Å². The average Bonchev–Trinajstić information content (AvgIpc) is 2.99. The summed E-state index contributed by atoms with van der Waals surface area (Å²) in [6.07, 6.45) is 5.56. The molecule has 0 bridgehead atoms. The van der Waals surface area contributed by atoms with Gasteiger partial charge in [-0.05, 0) is 38.6 Å². The van der Waals surface area contributed by atoms with Crippen LogP contribution in [0.2, 0.25) is 0 Å². The SMILES string of the molecule is CCC1(c2nc(C3CCCOC3)no2)CCCNC1. The summed E-state index contributed by atoms with van der Waals surface area (Å²) < 4.78 is 11.1. The van der Waals surface area contributed by atoms with Gasteiger partial charge in [-0.1, -0.05) is 12.1 Å². The largest absolute Gasteiger partial charge is 0.381 e. The highest BCUT2D eigenvalue weighted by Gasteiger charge is 2.38. The number of ether oxygens (including phenoxy) is 1. The second-order valence-corrected chi connectivity index (χ2v) is 5.79. The summed E-state index contributed by atoms with van der Waals surface area (Å²) in [5.41, 5.74) is 0.0407. The quantitative estimate of drug-likeness (QED) is 0.905. The molecule has 0 saturated carbocycles. The first kappa shape index (κ1) is 13.1. The van der Waals surface area contributed by atoms with Gasteiger partial charge in [0.2, 0.25) is 5.89 Å². The van der Waals surface area contributed by atoms with E-state index in [1.165, 1.54) is 6.42 Å². The first-order chi connectivity index (χ1) is 9.34. The molecule has 3 rings (SSSR count). The lowest BCUT2D eigenvalue weighted by molar-refractivity contribution is 0.0773. The Labute approximate surface area is 114 Å². The maximum Gasteiger partial charge on any atom is 0.234 e. The Morgan fingerprint density at radius 3 is 3.05 bits per heavy atom. The minimum absolute atomic E-state index is 0.0407. The van der Waals surface area contributed by atoms with E-state index >= 15 is 0 Å².